The van der Waals surface area contributed by atoms with Gasteiger partial charge in [-0.3, -0.25) is 0 Å². The van der Waals surface area contributed by atoms with Crippen LogP contribution in [0.5, 0.6) is 5.75 Å². The number of hydrogen-bond donors (Lipinski definition) is 1. The van der Waals surface area contributed by atoms with Gasteiger partial charge in [-0.15, -0.1) is 0 Å². The molecule has 1 aromatic rings. The minimum atomic E-state index is -0.332. The minimum Gasteiger partial charge on any atom is -0.494 e. The lowest BCUT2D eigenvalue weighted by Crippen LogP contribution is -2.21. The summed E-state index contributed by atoms with van der Waals surface area (Å²) >= 11 is 0. The van der Waals surface area contributed by atoms with E-state index >= 15 is 0 Å². The van der Waals surface area contributed by atoms with Crippen LogP contribution in [0.1, 0.15) is 24.9 Å². The first kappa shape index (κ1) is 16.9. The van der Waals surface area contributed by atoms with Crippen LogP contribution in [0.3, 0.4) is 0 Å². The second-order valence-electron chi connectivity index (χ2n) is 4.53. The molecule has 0 heterocycles. The molecule has 1 unspecified atom stereocenters. The van der Waals surface area contributed by atoms with Gasteiger partial charge in [0.2, 0.25) is 0 Å². The number of benzene rings is 1. The summed E-state index contributed by atoms with van der Waals surface area (Å²) in [6.45, 7) is 4.76. The Bertz CT molecular complexity index is 387. The molecule has 1 N–H and O–H groups in total. The van der Waals surface area contributed by atoms with Crippen LogP contribution in [0.15, 0.2) is 18.2 Å². The Hall–Kier alpha value is -1.17. The van der Waals surface area contributed by atoms with Gasteiger partial charge in [-0.25, -0.2) is 4.39 Å². The lowest BCUT2D eigenvalue weighted by atomic mass is 10.1. The second-order valence-corrected chi connectivity index (χ2v) is 4.53. The van der Waals surface area contributed by atoms with Gasteiger partial charge < -0.3 is 19.5 Å². The summed E-state index contributed by atoms with van der Waals surface area (Å²) in [5, 5.41) is 3.34. The van der Waals surface area contributed by atoms with Crippen LogP contribution in [-0.4, -0.2) is 40.6 Å². The Balaban J connectivity index is 2.25. The SMILES string of the molecule is COCCOCCCNC(C)c1ccc(OC)c(F)c1. The molecule has 0 radical (unpaired) electrons. The van der Waals surface area contributed by atoms with Gasteiger partial charge in [0, 0.05) is 19.8 Å². The van der Waals surface area contributed by atoms with Crippen LogP contribution in [0.25, 0.3) is 0 Å². The molecular formula is C15H24FNO3. The van der Waals surface area contributed by atoms with E-state index in [-0.39, 0.29) is 17.6 Å². The molecule has 1 atom stereocenters. The normalized spacial score (nSPS) is 12.4. The predicted molar refractivity (Wildman–Crippen MR) is 76.7 cm³/mol. The highest BCUT2D eigenvalue weighted by atomic mass is 19.1. The summed E-state index contributed by atoms with van der Waals surface area (Å²) in [6, 6.07) is 5.12. The summed E-state index contributed by atoms with van der Waals surface area (Å²) in [7, 11) is 3.12. The van der Waals surface area contributed by atoms with Crippen LogP contribution in [0.2, 0.25) is 0 Å². The smallest absolute Gasteiger partial charge is 0.165 e. The summed E-state index contributed by atoms with van der Waals surface area (Å²) in [6.07, 6.45) is 0.909. The van der Waals surface area contributed by atoms with E-state index in [1.165, 1.54) is 13.2 Å². The van der Waals surface area contributed by atoms with Gasteiger partial charge in [0.15, 0.2) is 11.6 Å². The third-order valence-electron chi connectivity index (χ3n) is 3.02. The quantitative estimate of drug-likeness (QED) is 0.671. The van der Waals surface area contributed by atoms with Crippen molar-refractivity contribution in [2.45, 2.75) is 19.4 Å². The van der Waals surface area contributed by atoms with Crippen molar-refractivity contribution >= 4 is 0 Å². The van der Waals surface area contributed by atoms with E-state index in [9.17, 15) is 4.39 Å². The van der Waals surface area contributed by atoms with E-state index in [0.717, 1.165) is 18.5 Å². The van der Waals surface area contributed by atoms with E-state index in [1.807, 2.05) is 13.0 Å². The fourth-order valence-corrected chi connectivity index (χ4v) is 1.81. The van der Waals surface area contributed by atoms with E-state index in [0.29, 0.717) is 19.8 Å². The third-order valence-corrected chi connectivity index (χ3v) is 3.02. The van der Waals surface area contributed by atoms with Crippen LogP contribution in [0, 0.1) is 5.82 Å². The van der Waals surface area contributed by atoms with Gasteiger partial charge in [0.1, 0.15) is 0 Å². The minimum absolute atomic E-state index is 0.0920. The number of hydrogen-bond acceptors (Lipinski definition) is 4. The van der Waals surface area contributed by atoms with Crippen molar-refractivity contribution in [3.8, 4) is 5.75 Å². The molecule has 0 saturated carbocycles. The molecule has 4 nitrogen and oxygen atoms in total. The van der Waals surface area contributed by atoms with Crippen molar-refractivity contribution < 1.29 is 18.6 Å². The van der Waals surface area contributed by atoms with Crippen LogP contribution >= 0.6 is 0 Å². The Kier molecular flexibility index (Phi) is 8.18. The monoisotopic (exact) mass is 285 g/mol. The zero-order valence-electron chi connectivity index (χ0n) is 12.4. The summed E-state index contributed by atoms with van der Waals surface area (Å²) in [5.41, 5.74) is 0.906. The van der Waals surface area contributed by atoms with Crippen LogP contribution < -0.4 is 10.1 Å². The van der Waals surface area contributed by atoms with Gasteiger partial charge in [0.05, 0.1) is 20.3 Å². The van der Waals surface area contributed by atoms with Crippen molar-refractivity contribution in [2.24, 2.45) is 0 Å². The molecule has 0 aliphatic carbocycles. The highest BCUT2D eigenvalue weighted by molar-refractivity contribution is 5.30. The van der Waals surface area contributed by atoms with E-state index in [1.54, 1.807) is 13.2 Å². The van der Waals surface area contributed by atoms with Gasteiger partial charge in [-0.2, -0.15) is 0 Å². The highest BCUT2D eigenvalue weighted by Gasteiger charge is 2.08. The molecule has 0 spiro atoms. The maximum atomic E-state index is 13.6. The average molecular weight is 285 g/mol. The third kappa shape index (κ3) is 5.86. The highest BCUT2D eigenvalue weighted by Crippen LogP contribution is 2.21. The molecule has 0 fully saturated rings. The number of ether oxygens (including phenoxy) is 3. The zero-order chi connectivity index (χ0) is 14.8. The number of halogens is 1. The molecule has 0 aromatic heterocycles. The Morgan fingerprint density at radius 1 is 1.20 bits per heavy atom. The molecule has 1 rings (SSSR count). The topological polar surface area (TPSA) is 39.7 Å². The number of nitrogens with one attached hydrogen (secondary N) is 1. The molecule has 0 aliphatic rings. The van der Waals surface area contributed by atoms with Crippen molar-refractivity contribution in [2.75, 3.05) is 40.6 Å². The molecular weight excluding hydrogens is 261 g/mol. The Labute approximate surface area is 120 Å². The van der Waals surface area contributed by atoms with Crippen LogP contribution in [-0.2, 0) is 9.47 Å². The van der Waals surface area contributed by atoms with Crippen molar-refractivity contribution in [1.82, 2.24) is 5.32 Å². The molecule has 114 valence electrons. The molecule has 20 heavy (non-hydrogen) atoms. The van der Waals surface area contributed by atoms with Crippen molar-refractivity contribution in [3.63, 3.8) is 0 Å². The maximum Gasteiger partial charge on any atom is 0.165 e. The fraction of sp³-hybridized carbons (Fsp3) is 0.600. The fourth-order valence-electron chi connectivity index (χ4n) is 1.81. The predicted octanol–water partition coefficient (Wildman–Crippen LogP) is 2.54. The van der Waals surface area contributed by atoms with Gasteiger partial charge in [0.25, 0.3) is 0 Å². The number of rotatable bonds is 10. The summed E-state index contributed by atoms with van der Waals surface area (Å²) in [4.78, 5) is 0. The first-order valence-electron chi connectivity index (χ1n) is 6.82. The zero-order valence-corrected chi connectivity index (χ0v) is 12.4. The Morgan fingerprint density at radius 2 is 2.00 bits per heavy atom. The maximum absolute atomic E-state index is 13.6. The molecule has 0 bridgehead atoms. The summed E-state index contributed by atoms with van der Waals surface area (Å²) in [5.74, 6) is -0.0611. The second kappa shape index (κ2) is 9.69. The first-order chi connectivity index (χ1) is 9.69. The lowest BCUT2D eigenvalue weighted by molar-refractivity contribution is 0.0693. The Morgan fingerprint density at radius 3 is 2.65 bits per heavy atom. The van der Waals surface area contributed by atoms with Crippen molar-refractivity contribution in [3.05, 3.63) is 29.6 Å². The largest absolute Gasteiger partial charge is 0.494 e. The van der Waals surface area contributed by atoms with Crippen LogP contribution in [0.4, 0.5) is 4.39 Å². The molecule has 0 amide bonds. The lowest BCUT2D eigenvalue weighted by Gasteiger charge is -2.15. The van der Waals surface area contributed by atoms with Crippen molar-refractivity contribution in [1.29, 1.82) is 0 Å². The molecule has 0 aliphatic heterocycles. The van der Waals surface area contributed by atoms with Gasteiger partial charge >= 0.3 is 0 Å². The summed E-state index contributed by atoms with van der Waals surface area (Å²) < 4.78 is 28.7. The molecule has 0 saturated heterocycles. The van der Waals surface area contributed by atoms with E-state index in [4.69, 9.17) is 14.2 Å². The average Bonchev–Trinajstić information content (AvgIpc) is 2.46. The molecule has 1 aromatic carbocycles. The molecule has 5 heteroatoms. The van der Waals surface area contributed by atoms with E-state index in [2.05, 4.69) is 5.32 Å². The van der Waals surface area contributed by atoms with Gasteiger partial charge in [-0.1, -0.05) is 6.07 Å². The first-order valence-corrected chi connectivity index (χ1v) is 6.82. The standard InChI is InChI=1S/C15H24FNO3/c1-12(17-7-4-8-20-10-9-18-2)13-5-6-15(19-3)14(16)11-13/h5-6,11-12,17H,4,7-10H2,1-3H3. The van der Waals surface area contributed by atoms with E-state index < -0.39 is 0 Å². The number of methoxy groups -OCH3 is 2. The van der Waals surface area contributed by atoms with Gasteiger partial charge in [-0.05, 0) is 37.6 Å².